The van der Waals surface area contributed by atoms with E-state index in [2.05, 4.69) is 18.9 Å². The minimum absolute atomic E-state index is 0.155. The van der Waals surface area contributed by atoms with Crippen molar-refractivity contribution in [2.75, 3.05) is 0 Å². The summed E-state index contributed by atoms with van der Waals surface area (Å²) >= 11 is 0. The van der Waals surface area contributed by atoms with Crippen molar-refractivity contribution in [3.05, 3.63) is 18.0 Å². The highest BCUT2D eigenvalue weighted by molar-refractivity contribution is 5.14. The number of aryl methyl sites for hydroxylation is 1. The van der Waals surface area contributed by atoms with Crippen LogP contribution in [0.15, 0.2) is 12.3 Å². The lowest BCUT2D eigenvalue weighted by Crippen LogP contribution is -2.18. The van der Waals surface area contributed by atoms with E-state index in [1.54, 1.807) is 0 Å². The molecule has 1 fully saturated rings. The van der Waals surface area contributed by atoms with Crippen LogP contribution in [-0.2, 0) is 7.05 Å². The fourth-order valence-electron chi connectivity index (χ4n) is 2.04. The van der Waals surface area contributed by atoms with Crippen LogP contribution < -0.4 is 5.73 Å². The molecule has 1 aliphatic carbocycles. The molecule has 2 N–H and O–H groups in total. The first-order valence-electron chi connectivity index (χ1n) is 4.76. The van der Waals surface area contributed by atoms with Gasteiger partial charge in [-0.25, -0.2) is 0 Å². The van der Waals surface area contributed by atoms with E-state index in [0.29, 0.717) is 11.3 Å². The molecule has 1 aliphatic rings. The van der Waals surface area contributed by atoms with Gasteiger partial charge in [-0.15, -0.1) is 0 Å². The SMILES string of the molecule is Cn1nccc1C(N)C1CC1(C)C. The molecule has 13 heavy (non-hydrogen) atoms. The molecule has 72 valence electrons. The summed E-state index contributed by atoms with van der Waals surface area (Å²) in [6.07, 6.45) is 3.05. The minimum atomic E-state index is 0.155. The minimum Gasteiger partial charge on any atom is -0.322 e. The Morgan fingerprint density at radius 1 is 1.69 bits per heavy atom. The van der Waals surface area contributed by atoms with Gasteiger partial charge in [-0.3, -0.25) is 4.68 Å². The lowest BCUT2D eigenvalue weighted by atomic mass is 10.0. The van der Waals surface area contributed by atoms with Crippen molar-refractivity contribution in [2.24, 2.45) is 24.1 Å². The van der Waals surface area contributed by atoms with E-state index in [-0.39, 0.29) is 6.04 Å². The van der Waals surface area contributed by atoms with Crippen LogP contribution in [0.25, 0.3) is 0 Å². The molecule has 1 saturated carbocycles. The molecule has 2 rings (SSSR count). The van der Waals surface area contributed by atoms with Gasteiger partial charge in [-0.1, -0.05) is 13.8 Å². The molecule has 3 heteroatoms. The Kier molecular flexibility index (Phi) is 1.74. The highest BCUT2D eigenvalue weighted by Gasteiger charge is 2.49. The number of nitrogens with two attached hydrogens (primary N) is 1. The molecule has 1 aromatic heterocycles. The van der Waals surface area contributed by atoms with Gasteiger partial charge in [-0.2, -0.15) is 5.10 Å². The molecule has 0 aliphatic heterocycles. The molecular formula is C10H17N3. The lowest BCUT2D eigenvalue weighted by molar-refractivity contribution is 0.469. The zero-order valence-corrected chi connectivity index (χ0v) is 8.49. The molecule has 1 heterocycles. The van der Waals surface area contributed by atoms with Gasteiger partial charge in [0, 0.05) is 13.2 Å². The highest BCUT2D eigenvalue weighted by atomic mass is 15.3. The summed E-state index contributed by atoms with van der Waals surface area (Å²) in [5, 5.41) is 4.13. The maximum Gasteiger partial charge on any atom is 0.0551 e. The van der Waals surface area contributed by atoms with Gasteiger partial charge in [0.2, 0.25) is 0 Å². The topological polar surface area (TPSA) is 43.8 Å². The fourth-order valence-corrected chi connectivity index (χ4v) is 2.04. The predicted molar refractivity (Wildman–Crippen MR) is 52.0 cm³/mol. The van der Waals surface area contributed by atoms with E-state index >= 15 is 0 Å². The van der Waals surface area contributed by atoms with Gasteiger partial charge in [0.05, 0.1) is 11.7 Å². The quantitative estimate of drug-likeness (QED) is 0.747. The normalized spacial score (nSPS) is 27.2. The molecule has 0 aromatic carbocycles. The lowest BCUT2D eigenvalue weighted by Gasteiger charge is -2.13. The van der Waals surface area contributed by atoms with Crippen molar-refractivity contribution in [1.82, 2.24) is 9.78 Å². The van der Waals surface area contributed by atoms with E-state index in [9.17, 15) is 0 Å². The number of rotatable bonds is 2. The van der Waals surface area contributed by atoms with Crippen molar-refractivity contribution in [2.45, 2.75) is 26.3 Å². The molecule has 0 spiro atoms. The van der Waals surface area contributed by atoms with Gasteiger partial charge in [0.25, 0.3) is 0 Å². The van der Waals surface area contributed by atoms with E-state index in [0.717, 1.165) is 5.69 Å². The Morgan fingerprint density at radius 3 is 2.69 bits per heavy atom. The third-order valence-electron chi connectivity index (χ3n) is 3.22. The highest BCUT2D eigenvalue weighted by Crippen LogP contribution is 2.56. The third kappa shape index (κ3) is 1.37. The van der Waals surface area contributed by atoms with Crippen LogP contribution in [-0.4, -0.2) is 9.78 Å². The van der Waals surface area contributed by atoms with Crippen molar-refractivity contribution < 1.29 is 0 Å². The molecule has 2 unspecified atom stereocenters. The van der Waals surface area contributed by atoms with Crippen LogP contribution in [0.1, 0.15) is 32.0 Å². The van der Waals surface area contributed by atoms with Gasteiger partial charge in [0.1, 0.15) is 0 Å². The van der Waals surface area contributed by atoms with Crippen molar-refractivity contribution in [3.63, 3.8) is 0 Å². The summed E-state index contributed by atoms with van der Waals surface area (Å²) in [6, 6.07) is 2.17. The second-order valence-electron chi connectivity index (χ2n) is 4.70. The van der Waals surface area contributed by atoms with E-state index < -0.39 is 0 Å². The first-order valence-corrected chi connectivity index (χ1v) is 4.76. The summed E-state index contributed by atoms with van der Waals surface area (Å²) in [5.74, 6) is 0.628. The monoisotopic (exact) mass is 179 g/mol. The van der Waals surface area contributed by atoms with Gasteiger partial charge in [-0.05, 0) is 23.8 Å². The van der Waals surface area contributed by atoms with Crippen LogP contribution in [0.3, 0.4) is 0 Å². The second kappa shape index (κ2) is 2.58. The fraction of sp³-hybridized carbons (Fsp3) is 0.700. The van der Waals surface area contributed by atoms with E-state index in [1.807, 2.05) is 24.0 Å². The van der Waals surface area contributed by atoms with Gasteiger partial charge in [0.15, 0.2) is 0 Å². The predicted octanol–water partition coefficient (Wildman–Crippen LogP) is 1.47. The largest absolute Gasteiger partial charge is 0.322 e. The van der Waals surface area contributed by atoms with Crippen LogP contribution in [0.5, 0.6) is 0 Å². The van der Waals surface area contributed by atoms with Crippen molar-refractivity contribution >= 4 is 0 Å². The van der Waals surface area contributed by atoms with Crippen molar-refractivity contribution in [1.29, 1.82) is 0 Å². The average molecular weight is 179 g/mol. The Balaban J connectivity index is 2.15. The Morgan fingerprint density at radius 2 is 2.31 bits per heavy atom. The zero-order valence-electron chi connectivity index (χ0n) is 8.49. The maximum atomic E-state index is 6.16. The average Bonchev–Trinajstić information content (AvgIpc) is 2.49. The molecule has 0 amide bonds. The second-order valence-corrected chi connectivity index (χ2v) is 4.70. The first-order chi connectivity index (χ1) is 6.02. The maximum absolute atomic E-state index is 6.16. The van der Waals surface area contributed by atoms with Gasteiger partial charge >= 0.3 is 0 Å². The van der Waals surface area contributed by atoms with Gasteiger partial charge < -0.3 is 5.73 Å². The summed E-state index contributed by atoms with van der Waals surface area (Å²) in [7, 11) is 1.95. The van der Waals surface area contributed by atoms with E-state index in [4.69, 9.17) is 5.73 Å². The summed E-state index contributed by atoms with van der Waals surface area (Å²) in [4.78, 5) is 0. The molecule has 0 bridgehead atoms. The Labute approximate surface area is 78.9 Å². The van der Waals surface area contributed by atoms with Crippen LogP contribution in [0.2, 0.25) is 0 Å². The molecule has 3 nitrogen and oxygen atoms in total. The molecule has 2 atom stereocenters. The molecule has 0 radical (unpaired) electrons. The van der Waals surface area contributed by atoms with Crippen molar-refractivity contribution in [3.8, 4) is 0 Å². The summed E-state index contributed by atoms with van der Waals surface area (Å²) in [5.41, 5.74) is 7.74. The summed E-state index contributed by atoms with van der Waals surface area (Å²) < 4.78 is 1.87. The van der Waals surface area contributed by atoms with Crippen LogP contribution >= 0.6 is 0 Å². The van der Waals surface area contributed by atoms with Crippen LogP contribution in [0.4, 0.5) is 0 Å². The standard InChI is InChI=1S/C10H17N3/c1-10(2)6-7(10)9(11)8-4-5-12-13(8)3/h4-5,7,9H,6,11H2,1-3H3. The molecule has 1 aromatic rings. The zero-order chi connectivity index (χ0) is 9.64. The molecule has 0 saturated heterocycles. The Hall–Kier alpha value is -0.830. The number of nitrogens with zero attached hydrogens (tertiary/aromatic N) is 2. The smallest absolute Gasteiger partial charge is 0.0551 e. The van der Waals surface area contributed by atoms with Crippen LogP contribution in [0, 0.1) is 11.3 Å². The number of hydrogen-bond donors (Lipinski definition) is 1. The Bertz CT molecular complexity index is 314. The third-order valence-corrected chi connectivity index (χ3v) is 3.22. The first kappa shape index (κ1) is 8.75. The summed E-state index contributed by atoms with van der Waals surface area (Å²) in [6.45, 7) is 4.54. The number of hydrogen-bond acceptors (Lipinski definition) is 2. The van der Waals surface area contributed by atoms with E-state index in [1.165, 1.54) is 6.42 Å². The number of aromatic nitrogens is 2. The molecular weight excluding hydrogens is 162 g/mol.